The summed E-state index contributed by atoms with van der Waals surface area (Å²) < 4.78 is 6.81. The van der Waals surface area contributed by atoms with Gasteiger partial charge in [-0.05, 0) is 6.42 Å². The van der Waals surface area contributed by atoms with Crippen molar-refractivity contribution in [3.8, 4) is 0 Å². The van der Waals surface area contributed by atoms with Gasteiger partial charge in [0.05, 0.1) is 12.2 Å². The van der Waals surface area contributed by atoms with E-state index in [1.807, 2.05) is 6.92 Å². The Balaban J connectivity index is 2.27. The summed E-state index contributed by atoms with van der Waals surface area (Å²) in [6, 6.07) is 1.26. The zero-order chi connectivity index (χ0) is 11.7. The lowest BCUT2D eigenvalue weighted by Gasteiger charge is -2.14. The van der Waals surface area contributed by atoms with Gasteiger partial charge in [0.2, 0.25) is 0 Å². The third-order valence-corrected chi connectivity index (χ3v) is 2.77. The summed E-state index contributed by atoms with van der Waals surface area (Å²) in [6.45, 7) is 1.91. The fraction of sp³-hybridized carbons (Fsp3) is 0.600. The van der Waals surface area contributed by atoms with Gasteiger partial charge < -0.3 is 9.84 Å². The van der Waals surface area contributed by atoms with Crippen LogP contribution in [0.1, 0.15) is 26.0 Å². The second kappa shape index (κ2) is 4.23. The Morgan fingerprint density at radius 3 is 2.94 bits per heavy atom. The van der Waals surface area contributed by atoms with Crippen molar-refractivity contribution in [2.75, 3.05) is 0 Å². The quantitative estimate of drug-likeness (QED) is 0.718. The molecule has 0 aromatic carbocycles. The zero-order valence-electron chi connectivity index (χ0n) is 8.92. The summed E-state index contributed by atoms with van der Waals surface area (Å²) in [6.07, 6.45) is 1.14. The minimum Gasteiger partial charge on any atom is -0.390 e. The summed E-state index contributed by atoms with van der Waals surface area (Å²) in [5, 5.41) is 9.65. The molecule has 2 rings (SSSR count). The Hall–Kier alpha value is -1.40. The van der Waals surface area contributed by atoms with E-state index in [9.17, 15) is 14.7 Å². The number of hydrogen-bond donors (Lipinski definition) is 2. The van der Waals surface area contributed by atoms with Crippen LogP contribution in [0.5, 0.6) is 0 Å². The smallest absolute Gasteiger partial charge is 0.330 e. The molecule has 0 unspecified atom stereocenters. The molecule has 6 heteroatoms. The lowest BCUT2D eigenvalue weighted by atomic mass is 10.1. The van der Waals surface area contributed by atoms with E-state index in [0.717, 1.165) is 0 Å². The van der Waals surface area contributed by atoms with E-state index in [-0.39, 0.29) is 6.10 Å². The van der Waals surface area contributed by atoms with Gasteiger partial charge in [-0.25, -0.2) is 4.79 Å². The van der Waals surface area contributed by atoms with E-state index in [4.69, 9.17) is 4.74 Å². The van der Waals surface area contributed by atoms with Crippen LogP contribution >= 0.6 is 0 Å². The fourth-order valence-electron chi connectivity index (χ4n) is 1.91. The van der Waals surface area contributed by atoms with Crippen LogP contribution in [0.4, 0.5) is 0 Å². The highest BCUT2D eigenvalue weighted by Gasteiger charge is 2.33. The molecule has 0 radical (unpaired) electrons. The predicted molar refractivity (Wildman–Crippen MR) is 56.1 cm³/mol. The highest BCUT2D eigenvalue weighted by Crippen LogP contribution is 2.28. The van der Waals surface area contributed by atoms with Crippen molar-refractivity contribution in [1.82, 2.24) is 9.55 Å². The normalized spacial score (nSPS) is 29.5. The standard InChI is InChI=1S/C10H14N2O4/c1-2-7-6(13)5-9(16-7)12-4-3-8(14)11-10(12)15/h3-4,6-7,9,13H,2,5H2,1H3,(H,11,14,15)/t6-,7-,9-/m1/s1. The zero-order valence-corrected chi connectivity index (χ0v) is 8.92. The number of aromatic nitrogens is 2. The molecule has 0 aliphatic carbocycles. The molecule has 3 atom stereocenters. The van der Waals surface area contributed by atoms with E-state index in [0.29, 0.717) is 12.8 Å². The van der Waals surface area contributed by atoms with Crippen molar-refractivity contribution in [2.45, 2.75) is 38.2 Å². The van der Waals surface area contributed by atoms with E-state index in [2.05, 4.69) is 4.98 Å². The average molecular weight is 226 g/mol. The molecular formula is C10H14N2O4. The van der Waals surface area contributed by atoms with E-state index in [1.54, 1.807) is 0 Å². The average Bonchev–Trinajstić information content (AvgIpc) is 2.59. The van der Waals surface area contributed by atoms with Gasteiger partial charge in [-0.2, -0.15) is 0 Å². The second-order valence-electron chi connectivity index (χ2n) is 3.86. The van der Waals surface area contributed by atoms with Crippen LogP contribution in [0.25, 0.3) is 0 Å². The lowest BCUT2D eigenvalue weighted by Crippen LogP contribution is -2.31. The van der Waals surface area contributed by atoms with Crippen LogP contribution in [-0.2, 0) is 4.74 Å². The van der Waals surface area contributed by atoms with Gasteiger partial charge in [-0.3, -0.25) is 14.3 Å². The highest BCUT2D eigenvalue weighted by atomic mass is 16.5. The van der Waals surface area contributed by atoms with Crippen LogP contribution in [0.15, 0.2) is 21.9 Å². The summed E-state index contributed by atoms with van der Waals surface area (Å²) in [7, 11) is 0. The summed E-state index contributed by atoms with van der Waals surface area (Å²) in [5.41, 5.74) is -0.951. The van der Waals surface area contributed by atoms with Crippen molar-refractivity contribution < 1.29 is 9.84 Å². The van der Waals surface area contributed by atoms with Gasteiger partial charge >= 0.3 is 5.69 Å². The van der Waals surface area contributed by atoms with Gasteiger partial charge in [0.25, 0.3) is 5.56 Å². The van der Waals surface area contributed by atoms with E-state index >= 15 is 0 Å². The molecule has 0 saturated carbocycles. The van der Waals surface area contributed by atoms with Crippen LogP contribution in [0, 0.1) is 0 Å². The first kappa shape index (κ1) is 11.1. The molecule has 1 saturated heterocycles. The van der Waals surface area contributed by atoms with Crippen molar-refractivity contribution in [3.63, 3.8) is 0 Å². The maximum atomic E-state index is 11.5. The molecule has 1 aromatic heterocycles. The molecule has 0 spiro atoms. The molecule has 88 valence electrons. The van der Waals surface area contributed by atoms with Gasteiger partial charge in [0.1, 0.15) is 6.23 Å². The maximum Gasteiger partial charge on any atom is 0.330 e. The van der Waals surface area contributed by atoms with Crippen LogP contribution in [0.2, 0.25) is 0 Å². The van der Waals surface area contributed by atoms with Crippen LogP contribution in [-0.4, -0.2) is 26.9 Å². The van der Waals surface area contributed by atoms with Crippen LogP contribution < -0.4 is 11.2 Å². The lowest BCUT2D eigenvalue weighted by molar-refractivity contribution is -0.0217. The number of hydrogen-bond acceptors (Lipinski definition) is 4. The second-order valence-corrected chi connectivity index (χ2v) is 3.86. The minimum absolute atomic E-state index is 0.246. The van der Waals surface area contributed by atoms with Crippen molar-refractivity contribution in [3.05, 3.63) is 33.1 Å². The number of aliphatic hydroxyl groups is 1. The Bertz CT molecular complexity index is 478. The number of ether oxygens (including phenoxy) is 1. The van der Waals surface area contributed by atoms with Crippen LogP contribution in [0.3, 0.4) is 0 Å². The number of nitrogens with one attached hydrogen (secondary N) is 1. The predicted octanol–water partition coefficient (Wildman–Crippen LogP) is -0.405. The minimum atomic E-state index is -0.561. The molecular weight excluding hydrogens is 212 g/mol. The maximum absolute atomic E-state index is 11.5. The number of H-pyrrole nitrogens is 1. The summed E-state index contributed by atoms with van der Waals surface area (Å²) in [4.78, 5) is 24.5. The molecule has 0 bridgehead atoms. The first-order valence-electron chi connectivity index (χ1n) is 5.27. The Morgan fingerprint density at radius 1 is 1.62 bits per heavy atom. The first-order valence-corrected chi connectivity index (χ1v) is 5.27. The monoisotopic (exact) mass is 226 g/mol. The van der Waals surface area contributed by atoms with Gasteiger partial charge in [-0.1, -0.05) is 6.92 Å². The number of aromatic amines is 1. The largest absolute Gasteiger partial charge is 0.390 e. The Labute approximate surface area is 91.5 Å². The summed E-state index contributed by atoms with van der Waals surface area (Å²) >= 11 is 0. The van der Waals surface area contributed by atoms with Crippen molar-refractivity contribution in [2.24, 2.45) is 0 Å². The Kier molecular flexibility index (Phi) is 2.93. The third kappa shape index (κ3) is 1.94. The molecule has 6 nitrogen and oxygen atoms in total. The first-order chi connectivity index (χ1) is 7.61. The van der Waals surface area contributed by atoms with Crippen molar-refractivity contribution >= 4 is 0 Å². The molecule has 2 N–H and O–H groups in total. The molecule has 16 heavy (non-hydrogen) atoms. The molecule has 2 heterocycles. The Morgan fingerprint density at radius 2 is 2.38 bits per heavy atom. The van der Waals surface area contributed by atoms with Crippen molar-refractivity contribution in [1.29, 1.82) is 0 Å². The molecule has 1 aliphatic rings. The molecule has 1 fully saturated rings. The number of nitrogens with zero attached hydrogens (tertiary/aromatic N) is 1. The molecule has 1 aromatic rings. The molecule has 1 aliphatic heterocycles. The van der Waals surface area contributed by atoms with Gasteiger partial charge in [0.15, 0.2) is 0 Å². The summed E-state index contributed by atoms with van der Waals surface area (Å²) in [5.74, 6) is 0. The van der Waals surface area contributed by atoms with Gasteiger partial charge in [-0.15, -0.1) is 0 Å². The number of rotatable bonds is 2. The fourth-order valence-corrected chi connectivity index (χ4v) is 1.91. The molecule has 0 amide bonds. The highest BCUT2D eigenvalue weighted by molar-refractivity contribution is 4.87. The van der Waals surface area contributed by atoms with E-state index in [1.165, 1.54) is 16.8 Å². The SMILES string of the molecule is CC[C@H]1O[C@@H](n2ccc(=O)[nH]c2=O)C[C@H]1O. The topological polar surface area (TPSA) is 84.3 Å². The third-order valence-electron chi connectivity index (χ3n) is 2.77. The van der Waals surface area contributed by atoms with Gasteiger partial charge in [0, 0.05) is 18.7 Å². The number of aliphatic hydroxyl groups excluding tert-OH is 1. The van der Waals surface area contributed by atoms with E-state index < -0.39 is 23.6 Å².